The van der Waals surface area contributed by atoms with Gasteiger partial charge < -0.3 is 14.2 Å². The number of hydrogen-bond donors (Lipinski definition) is 0. The zero-order chi connectivity index (χ0) is 57.1. The van der Waals surface area contributed by atoms with Gasteiger partial charge in [-0.05, 0) is 128 Å². The Bertz CT molecular complexity index is 1590. The smallest absolute Gasteiger partial charge is 0.306 e. The van der Waals surface area contributed by atoms with E-state index in [9.17, 15) is 14.4 Å². The lowest BCUT2D eigenvalue weighted by Crippen LogP contribution is -2.30. The van der Waals surface area contributed by atoms with Gasteiger partial charge in [0.05, 0.1) is 0 Å². The molecule has 0 N–H and O–H groups in total. The van der Waals surface area contributed by atoms with Crippen molar-refractivity contribution in [2.24, 2.45) is 0 Å². The summed E-state index contributed by atoms with van der Waals surface area (Å²) in [4.78, 5) is 38.4. The van der Waals surface area contributed by atoms with Crippen LogP contribution in [0.2, 0.25) is 0 Å². The van der Waals surface area contributed by atoms with Crippen molar-refractivity contribution in [3.63, 3.8) is 0 Å². The third-order valence-corrected chi connectivity index (χ3v) is 14.2. The van der Waals surface area contributed by atoms with E-state index in [1.165, 1.54) is 154 Å². The number of carbonyl (C=O) groups excluding carboxylic acids is 3. The van der Waals surface area contributed by atoms with Crippen molar-refractivity contribution in [3.05, 3.63) is 109 Å². The molecule has 0 saturated carbocycles. The Labute approximate surface area is 489 Å². The Morgan fingerprint density at radius 3 is 0.772 bits per heavy atom. The van der Waals surface area contributed by atoms with E-state index in [0.29, 0.717) is 19.3 Å². The summed E-state index contributed by atoms with van der Waals surface area (Å²) < 4.78 is 17.0. The molecule has 0 rings (SSSR count). The second-order valence-electron chi connectivity index (χ2n) is 22.0. The molecule has 1 atom stereocenters. The van der Waals surface area contributed by atoms with Crippen LogP contribution in [0.1, 0.15) is 316 Å². The highest BCUT2D eigenvalue weighted by atomic mass is 16.6. The lowest BCUT2D eigenvalue weighted by Gasteiger charge is -2.18. The number of unbranched alkanes of at least 4 members (excludes halogenated alkanes) is 31. The van der Waals surface area contributed by atoms with Gasteiger partial charge in [0.25, 0.3) is 0 Å². The molecule has 0 bridgehead atoms. The minimum atomic E-state index is -0.792. The van der Waals surface area contributed by atoms with Crippen molar-refractivity contribution in [2.45, 2.75) is 322 Å². The Kier molecular flexibility index (Phi) is 63.3. The Morgan fingerprint density at radius 1 is 0.266 bits per heavy atom. The van der Waals surface area contributed by atoms with E-state index < -0.39 is 6.10 Å². The molecule has 6 heteroatoms. The molecule has 0 fully saturated rings. The van der Waals surface area contributed by atoms with Gasteiger partial charge >= 0.3 is 17.9 Å². The predicted molar refractivity (Wildman–Crippen MR) is 343 cm³/mol. The van der Waals surface area contributed by atoms with E-state index >= 15 is 0 Å². The molecule has 0 amide bonds. The summed E-state index contributed by atoms with van der Waals surface area (Å²) in [5, 5.41) is 0. The number of allylic oxidation sites excluding steroid dienone is 18. The van der Waals surface area contributed by atoms with E-state index in [-0.39, 0.29) is 31.1 Å². The largest absolute Gasteiger partial charge is 0.462 e. The van der Waals surface area contributed by atoms with Gasteiger partial charge in [-0.3, -0.25) is 14.4 Å². The minimum Gasteiger partial charge on any atom is -0.462 e. The first-order valence-electron chi connectivity index (χ1n) is 33.4. The molecule has 0 aliphatic carbocycles. The summed E-state index contributed by atoms with van der Waals surface area (Å²) in [6.07, 6.45) is 90.9. The van der Waals surface area contributed by atoms with Crippen LogP contribution in [0.4, 0.5) is 0 Å². The fourth-order valence-electron chi connectivity index (χ4n) is 9.24. The lowest BCUT2D eigenvalue weighted by molar-refractivity contribution is -0.167. The summed E-state index contributed by atoms with van der Waals surface area (Å²) in [6.45, 7) is 6.50. The van der Waals surface area contributed by atoms with E-state index in [2.05, 4.69) is 130 Å². The summed E-state index contributed by atoms with van der Waals surface area (Å²) in [6, 6.07) is 0. The maximum absolute atomic E-state index is 12.9. The summed E-state index contributed by atoms with van der Waals surface area (Å²) in [7, 11) is 0. The van der Waals surface area contributed by atoms with Gasteiger partial charge in [-0.15, -0.1) is 0 Å². The highest BCUT2D eigenvalue weighted by molar-refractivity contribution is 5.71. The van der Waals surface area contributed by atoms with Crippen LogP contribution in [0.15, 0.2) is 109 Å². The van der Waals surface area contributed by atoms with Crippen molar-refractivity contribution >= 4 is 17.9 Å². The molecule has 0 aliphatic heterocycles. The van der Waals surface area contributed by atoms with Crippen molar-refractivity contribution in [2.75, 3.05) is 13.2 Å². The summed E-state index contributed by atoms with van der Waals surface area (Å²) in [5.74, 6) is -0.898. The fourth-order valence-corrected chi connectivity index (χ4v) is 9.24. The zero-order valence-corrected chi connectivity index (χ0v) is 51.9. The second kappa shape index (κ2) is 66.6. The molecular weight excluding hydrogens is 973 g/mol. The van der Waals surface area contributed by atoms with Crippen LogP contribution in [-0.4, -0.2) is 37.2 Å². The van der Waals surface area contributed by atoms with Crippen LogP contribution < -0.4 is 0 Å². The predicted octanol–water partition coefficient (Wildman–Crippen LogP) is 23.0. The average molecular weight is 1100 g/mol. The Hall–Kier alpha value is -3.93. The third kappa shape index (κ3) is 64.8. The third-order valence-electron chi connectivity index (χ3n) is 14.2. The van der Waals surface area contributed by atoms with E-state index in [1.807, 2.05) is 0 Å². The van der Waals surface area contributed by atoms with Crippen molar-refractivity contribution in [1.82, 2.24) is 0 Å². The first-order valence-corrected chi connectivity index (χ1v) is 33.4. The SMILES string of the molecule is CC/C=C\C/C=C\C/C=C\C/C=C\C/C=C\CCCCCCCCCCCC(=O)OCC(COC(=O)CCCCCCCCC/C=C\C/C=C\CCCCCC)OC(=O)CCCCCCCCC/C=C\C/C=C\CCCCCC. The van der Waals surface area contributed by atoms with Crippen LogP contribution in [0.3, 0.4) is 0 Å². The molecule has 1 unspecified atom stereocenters. The molecule has 452 valence electrons. The molecule has 0 radical (unpaired) electrons. The van der Waals surface area contributed by atoms with Crippen LogP contribution in [0.5, 0.6) is 0 Å². The van der Waals surface area contributed by atoms with Gasteiger partial charge in [0.15, 0.2) is 6.10 Å². The molecule has 0 aliphatic rings. The maximum Gasteiger partial charge on any atom is 0.306 e. The van der Waals surface area contributed by atoms with E-state index in [0.717, 1.165) is 122 Å². The van der Waals surface area contributed by atoms with Crippen molar-refractivity contribution in [3.8, 4) is 0 Å². The summed E-state index contributed by atoms with van der Waals surface area (Å²) >= 11 is 0. The number of ether oxygens (including phenoxy) is 3. The number of carbonyl (C=O) groups is 3. The first kappa shape index (κ1) is 75.1. The number of esters is 3. The maximum atomic E-state index is 12.9. The molecule has 0 spiro atoms. The molecule has 0 aromatic rings. The monoisotopic (exact) mass is 1100 g/mol. The Balaban J connectivity index is 4.40. The first-order chi connectivity index (χ1) is 39.0. The van der Waals surface area contributed by atoms with Crippen LogP contribution in [0, 0.1) is 0 Å². The number of rotatable bonds is 60. The number of hydrogen-bond acceptors (Lipinski definition) is 6. The lowest BCUT2D eigenvalue weighted by atomic mass is 10.1. The average Bonchev–Trinajstić information content (AvgIpc) is 3.45. The zero-order valence-electron chi connectivity index (χ0n) is 51.9. The van der Waals surface area contributed by atoms with E-state index in [4.69, 9.17) is 14.2 Å². The van der Waals surface area contributed by atoms with Crippen LogP contribution in [0.25, 0.3) is 0 Å². The van der Waals surface area contributed by atoms with Crippen LogP contribution in [-0.2, 0) is 28.6 Å². The molecule has 0 aromatic carbocycles. The van der Waals surface area contributed by atoms with Crippen molar-refractivity contribution < 1.29 is 28.6 Å². The molecule has 79 heavy (non-hydrogen) atoms. The summed E-state index contributed by atoms with van der Waals surface area (Å²) in [5.41, 5.74) is 0. The molecule has 0 heterocycles. The van der Waals surface area contributed by atoms with Gasteiger partial charge in [-0.2, -0.15) is 0 Å². The van der Waals surface area contributed by atoms with Gasteiger partial charge in [0.2, 0.25) is 0 Å². The van der Waals surface area contributed by atoms with Gasteiger partial charge in [-0.1, -0.05) is 278 Å². The van der Waals surface area contributed by atoms with Gasteiger partial charge in [0.1, 0.15) is 13.2 Å². The highest BCUT2D eigenvalue weighted by Crippen LogP contribution is 2.16. The van der Waals surface area contributed by atoms with Gasteiger partial charge in [-0.25, -0.2) is 0 Å². The van der Waals surface area contributed by atoms with Crippen LogP contribution >= 0.6 is 0 Å². The van der Waals surface area contributed by atoms with Gasteiger partial charge in [0, 0.05) is 19.3 Å². The van der Waals surface area contributed by atoms with Crippen molar-refractivity contribution in [1.29, 1.82) is 0 Å². The topological polar surface area (TPSA) is 78.9 Å². The fraction of sp³-hybridized carbons (Fsp3) is 0.712. The molecule has 6 nitrogen and oxygen atoms in total. The minimum absolute atomic E-state index is 0.0873. The molecule has 0 saturated heterocycles. The second-order valence-corrected chi connectivity index (χ2v) is 22.0. The quantitative estimate of drug-likeness (QED) is 0.0261. The van der Waals surface area contributed by atoms with E-state index in [1.54, 1.807) is 0 Å². The molecular formula is C73H124O6. The molecule has 0 aromatic heterocycles. The highest BCUT2D eigenvalue weighted by Gasteiger charge is 2.19. The standard InChI is InChI=1S/C73H124O6/c1-4-7-10-13-16-19-22-25-28-31-34-35-36-37-38-39-40-43-45-48-51-54-57-60-63-66-72(75)78-69-70(79-73(76)67-64-61-58-55-52-49-46-42-33-30-27-24-21-18-15-12-9-6-3)68-77-71(74)65-62-59-56-53-50-47-44-41-32-29-26-23-20-17-14-11-8-5-2/h7,10,16,19-21,23-25,28-30,32-35,37-38,70H,4-6,8-9,11-15,17-18,22,26-27,31,36,39-69H2,1-3H3/b10-7-,19-16-,23-20-,24-21-,28-25-,32-29-,33-30-,35-34-,38-37-. The normalized spacial score (nSPS) is 12.8. The Morgan fingerprint density at radius 2 is 0.494 bits per heavy atom.